The van der Waals surface area contributed by atoms with Crippen LogP contribution in [0.5, 0.6) is 5.75 Å². The van der Waals surface area contributed by atoms with Gasteiger partial charge in [-0.05, 0) is 48.6 Å². The summed E-state index contributed by atoms with van der Waals surface area (Å²) >= 11 is 1.41. The van der Waals surface area contributed by atoms with Gasteiger partial charge in [0.15, 0.2) is 0 Å². The number of hydrogen-bond acceptors (Lipinski definition) is 4. The van der Waals surface area contributed by atoms with E-state index in [4.69, 9.17) is 10.5 Å². The third kappa shape index (κ3) is 1.94. The third-order valence-electron chi connectivity index (χ3n) is 3.58. The van der Waals surface area contributed by atoms with Crippen molar-refractivity contribution >= 4 is 28.6 Å². The zero-order valence-corrected chi connectivity index (χ0v) is 12.2. The van der Waals surface area contributed by atoms with Gasteiger partial charge in [0.1, 0.15) is 10.6 Å². The molecule has 1 atom stereocenters. The number of hydrogen-bond donors (Lipinski definition) is 1. The third-order valence-corrected chi connectivity index (χ3v) is 4.46. The number of nitrogens with two attached hydrogens (primary N) is 1. The molecule has 0 saturated carbocycles. The van der Waals surface area contributed by atoms with E-state index in [9.17, 15) is 4.79 Å². The highest BCUT2D eigenvalue weighted by Gasteiger charge is 2.33. The minimum Gasteiger partial charge on any atom is -0.495 e. The first-order valence-corrected chi connectivity index (χ1v) is 7.33. The number of fused-ring (bicyclic) bond motifs is 1. The van der Waals surface area contributed by atoms with Crippen LogP contribution in [0.1, 0.15) is 22.2 Å². The van der Waals surface area contributed by atoms with Crippen LogP contribution < -0.4 is 15.4 Å². The zero-order chi connectivity index (χ0) is 14.3. The van der Waals surface area contributed by atoms with Crippen LogP contribution in [0, 0.1) is 0 Å². The summed E-state index contributed by atoms with van der Waals surface area (Å²) in [5.74, 6) is 0.629. The summed E-state index contributed by atoms with van der Waals surface area (Å²) in [6, 6.07) is 7.66. The number of nitrogens with zero attached hydrogens (tertiary/aromatic N) is 1. The van der Waals surface area contributed by atoms with Gasteiger partial charge in [0, 0.05) is 17.4 Å². The lowest BCUT2D eigenvalue weighted by Gasteiger charge is -2.22. The normalized spacial score (nSPS) is 17.1. The Morgan fingerprint density at radius 1 is 1.45 bits per heavy atom. The van der Waals surface area contributed by atoms with Gasteiger partial charge in [-0.15, -0.1) is 11.3 Å². The summed E-state index contributed by atoms with van der Waals surface area (Å²) in [5, 5.41) is 1.87. The highest BCUT2D eigenvalue weighted by Crippen LogP contribution is 2.37. The predicted octanol–water partition coefficient (Wildman–Crippen LogP) is 2.93. The van der Waals surface area contributed by atoms with Gasteiger partial charge >= 0.3 is 0 Å². The molecule has 1 amide bonds. The molecule has 4 nitrogen and oxygen atoms in total. The largest absolute Gasteiger partial charge is 0.495 e. The van der Waals surface area contributed by atoms with Crippen molar-refractivity contribution in [2.75, 3.05) is 17.7 Å². The quantitative estimate of drug-likeness (QED) is 0.864. The number of carbonyl (C=O) groups is 1. The molecule has 2 aromatic rings. The van der Waals surface area contributed by atoms with Crippen molar-refractivity contribution in [3.63, 3.8) is 0 Å². The molecule has 0 bridgehead atoms. The van der Waals surface area contributed by atoms with Gasteiger partial charge in [-0.1, -0.05) is 0 Å². The van der Waals surface area contributed by atoms with Crippen molar-refractivity contribution in [3.05, 3.63) is 40.1 Å². The van der Waals surface area contributed by atoms with Crippen molar-refractivity contribution in [1.82, 2.24) is 0 Å². The van der Waals surface area contributed by atoms with Gasteiger partial charge in [-0.3, -0.25) is 4.79 Å². The number of methoxy groups -OCH3 is 1. The fourth-order valence-electron chi connectivity index (χ4n) is 2.68. The molecule has 1 aromatic carbocycles. The Labute approximate surface area is 121 Å². The topological polar surface area (TPSA) is 55.6 Å². The van der Waals surface area contributed by atoms with E-state index in [1.807, 2.05) is 41.5 Å². The molecule has 0 spiro atoms. The Morgan fingerprint density at radius 3 is 3.00 bits per heavy atom. The minimum absolute atomic E-state index is 0.00660. The van der Waals surface area contributed by atoms with Crippen LogP contribution >= 0.6 is 11.3 Å². The van der Waals surface area contributed by atoms with E-state index in [1.54, 1.807) is 7.11 Å². The van der Waals surface area contributed by atoms with Gasteiger partial charge in [0.2, 0.25) is 0 Å². The average molecular weight is 288 g/mol. The fourth-order valence-corrected chi connectivity index (χ4v) is 3.48. The monoisotopic (exact) mass is 288 g/mol. The molecule has 0 saturated heterocycles. The second-order valence-electron chi connectivity index (χ2n) is 4.93. The maximum absolute atomic E-state index is 12.8. The molecular formula is C15H16N2O2S. The van der Waals surface area contributed by atoms with E-state index < -0.39 is 0 Å². The molecule has 1 aromatic heterocycles. The number of carbonyl (C=O) groups excluding carboxylic acids is 1. The molecule has 2 heterocycles. The van der Waals surface area contributed by atoms with Crippen LogP contribution in [-0.4, -0.2) is 19.1 Å². The van der Waals surface area contributed by atoms with Crippen LogP contribution in [0.25, 0.3) is 0 Å². The lowest BCUT2D eigenvalue weighted by molar-refractivity contribution is 0.0983. The highest BCUT2D eigenvalue weighted by molar-refractivity contribution is 7.12. The smallest absolute Gasteiger partial charge is 0.272 e. The van der Waals surface area contributed by atoms with Crippen molar-refractivity contribution in [1.29, 1.82) is 0 Å². The molecule has 20 heavy (non-hydrogen) atoms. The van der Waals surface area contributed by atoms with Crippen LogP contribution in [0.15, 0.2) is 29.6 Å². The van der Waals surface area contributed by atoms with Gasteiger partial charge in [-0.25, -0.2) is 0 Å². The first-order chi connectivity index (χ1) is 9.61. The number of thiophene rings is 1. The lowest BCUT2D eigenvalue weighted by Crippen LogP contribution is -2.35. The van der Waals surface area contributed by atoms with E-state index in [0.29, 0.717) is 10.6 Å². The van der Waals surface area contributed by atoms with Crippen LogP contribution in [-0.2, 0) is 6.42 Å². The molecule has 0 fully saturated rings. The predicted molar refractivity (Wildman–Crippen MR) is 81.7 cm³/mol. The van der Waals surface area contributed by atoms with Crippen molar-refractivity contribution < 1.29 is 9.53 Å². The van der Waals surface area contributed by atoms with E-state index in [0.717, 1.165) is 23.4 Å². The summed E-state index contributed by atoms with van der Waals surface area (Å²) in [6.07, 6.45) is 0.833. The summed E-state index contributed by atoms with van der Waals surface area (Å²) in [6.45, 7) is 2.05. The molecule has 104 valence electrons. The highest BCUT2D eigenvalue weighted by atomic mass is 32.1. The summed E-state index contributed by atoms with van der Waals surface area (Å²) < 4.78 is 5.25. The second kappa shape index (κ2) is 4.83. The number of anilines is 2. The summed E-state index contributed by atoms with van der Waals surface area (Å²) in [4.78, 5) is 15.3. The average Bonchev–Trinajstić information content (AvgIpc) is 3.00. The zero-order valence-electron chi connectivity index (χ0n) is 11.4. The maximum Gasteiger partial charge on any atom is 0.272 e. The van der Waals surface area contributed by atoms with Gasteiger partial charge in [0.05, 0.1) is 7.11 Å². The van der Waals surface area contributed by atoms with E-state index in [2.05, 4.69) is 0 Å². The number of nitrogen functional groups attached to an aromatic ring is 1. The molecule has 2 N–H and O–H groups in total. The molecule has 5 heteroatoms. The molecule has 0 radical (unpaired) electrons. The summed E-state index contributed by atoms with van der Waals surface area (Å²) in [5.41, 5.74) is 8.63. The molecule has 1 aliphatic heterocycles. The Morgan fingerprint density at radius 2 is 2.25 bits per heavy atom. The Balaban J connectivity index is 2.01. The first kappa shape index (κ1) is 13.0. The van der Waals surface area contributed by atoms with Crippen molar-refractivity contribution in [2.45, 2.75) is 19.4 Å². The molecule has 1 unspecified atom stereocenters. The maximum atomic E-state index is 12.8. The second-order valence-corrected chi connectivity index (χ2v) is 5.85. The van der Waals surface area contributed by atoms with Crippen molar-refractivity contribution in [3.8, 4) is 5.75 Å². The van der Waals surface area contributed by atoms with E-state index >= 15 is 0 Å². The molecular weight excluding hydrogens is 272 g/mol. The summed E-state index contributed by atoms with van der Waals surface area (Å²) in [7, 11) is 1.58. The SMILES string of the molecule is COc1ccsc1C(=O)N1c2ccc(N)cc2CC1C. The standard InChI is InChI=1S/C15H16N2O2S/c1-9-7-10-8-11(16)3-4-12(10)17(9)15(18)14-13(19-2)5-6-20-14/h3-6,8-9H,7,16H2,1-2H3. The number of rotatable bonds is 2. The lowest BCUT2D eigenvalue weighted by atomic mass is 10.1. The molecule has 0 aliphatic carbocycles. The fraction of sp³-hybridized carbons (Fsp3) is 0.267. The molecule has 3 rings (SSSR count). The number of benzene rings is 1. The molecule has 1 aliphatic rings. The van der Waals surface area contributed by atoms with E-state index in [1.165, 1.54) is 11.3 Å². The Kier molecular flexibility index (Phi) is 3.14. The van der Waals surface area contributed by atoms with Gasteiger partial charge < -0.3 is 15.4 Å². The Hall–Kier alpha value is -2.01. The van der Waals surface area contributed by atoms with Crippen molar-refractivity contribution in [2.24, 2.45) is 0 Å². The van der Waals surface area contributed by atoms with Gasteiger partial charge in [0.25, 0.3) is 5.91 Å². The Bertz CT molecular complexity index is 666. The number of ether oxygens (including phenoxy) is 1. The van der Waals surface area contributed by atoms with Crippen LogP contribution in [0.2, 0.25) is 0 Å². The van der Waals surface area contributed by atoms with Gasteiger partial charge in [-0.2, -0.15) is 0 Å². The first-order valence-electron chi connectivity index (χ1n) is 6.45. The minimum atomic E-state index is -0.00660. The number of amides is 1. The van der Waals surface area contributed by atoms with Crippen LogP contribution in [0.3, 0.4) is 0 Å². The van der Waals surface area contributed by atoms with E-state index in [-0.39, 0.29) is 11.9 Å². The van der Waals surface area contributed by atoms with Crippen LogP contribution in [0.4, 0.5) is 11.4 Å².